The van der Waals surface area contributed by atoms with Crippen LogP contribution in [0.25, 0.3) is 5.76 Å². The predicted octanol–water partition coefficient (Wildman–Crippen LogP) is 0.731. The summed E-state index contributed by atoms with van der Waals surface area (Å²) in [5.41, 5.74) is 3.88. The summed E-state index contributed by atoms with van der Waals surface area (Å²) in [5.74, 6) is -7.51. The Kier molecular flexibility index (Phi) is 7.60. The number of ketones is 2. The summed E-state index contributed by atoms with van der Waals surface area (Å²) in [6, 6.07) is 4.98. The number of likely N-dealkylation sites (N-methyl/N-ethyl adjacent to an activating group) is 1. The van der Waals surface area contributed by atoms with E-state index in [0.717, 1.165) is 0 Å². The van der Waals surface area contributed by atoms with Gasteiger partial charge in [0, 0.05) is 49.9 Å². The summed E-state index contributed by atoms with van der Waals surface area (Å²) in [5, 5.41) is 68.3. The minimum absolute atomic E-state index is 0.00216. The third-order valence-corrected chi connectivity index (χ3v) is 8.94. The number of nitrogens with zero attached hydrogens (tertiary/aromatic N) is 2. The van der Waals surface area contributed by atoms with Crippen LogP contribution in [0.4, 0.5) is 5.69 Å². The molecular formula is C31H36N4O9. The zero-order chi connectivity index (χ0) is 32.4. The van der Waals surface area contributed by atoms with Crippen LogP contribution in [-0.2, 0) is 33.9 Å². The Morgan fingerprint density at radius 2 is 1.70 bits per heavy atom. The van der Waals surface area contributed by atoms with E-state index >= 15 is 0 Å². The highest BCUT2D eigenvalue weighted by molar-refractivity contribution is 6.24. The van der Waals surface area contributed by atoms with E-state index in [4.69, 9.17) is 5.73 Å². The summed E-state index contributed by atoms with van der Waals surface area (Å²) in [6.45, 7) is 0.384. The van der Waals surface area contributed by atoms with Gasteiger partial charge in [0.25, 0.3) is 5.91 Å². The van der Waals surface area contributed by atoms with Gasteiger partial charge >= 0.3 is 0 Å². The van der Waals surface area contributed by atoms with Crippen molar-refractivity contribution in [3.05, 3.63) is 63.4 Å². The van der Waals surface area contributed by atoms with Crippen LogP contribution in [0.1, 0.15) is 28.7 Å². The molecule has 13 heteroatoms. The number of primary amides is 1. The number of carbonyl (C=O) groups is 3. The number of aliphatic hydroxyl groups excluding tert-OH is 2. The van der Waals surface area contributed by atoms with Crippen LogP contribution in [0.5, 0.6) is 17.2 Å². The molecule has 2 aromatic rings. The van der Waals surface area contributed by atoms with Crippen molar-refractivity contribution in [2.24, 2.45) is 17.6 Å². The lowest BCUT2D eigenvalue weighted by molar-refractivity contribution is -0.153. The van der Waals surface area contributed by atoms with Gasteiger partial charge in [0.05, 0.1) is 11.6 Å². The number of carbonyl (C=O) groups excluding carboxylic acids is 3. The standard InChI is InChI=1S/C31H36N4O9/c1-34(2)18-10-15(12-33-11-13-5-6-19(36)20(37)7-13)25(38)22-16(18)8-14-9-17-24(35(3)4)27(40)23(30(32)43)29(42)31(17,44)28(41)21(14)26(22)39/h5-7,10,14,17,24,33,36-39,42,44H,8-9,11-12H2,1-4H3,(H2,32,43)/t14-,17?,24?,31-/m0/s1. The fourth-order valence-electron chi connectivity index (χ4n) is 6.90. The summed E-state index contributed by atoms with van der Waals surface area (Å²) in [6.07, 6.45) is 0.179. The number of aromatic hydroxyl groups is 3. The maximum Gasteiger partial charge on any atom is 0.255 e. The second-order valence-electron chi connectivity index (χ2n) is 12.0. The Labute approximate surface area is 253 Å². The van der Waals surface area contributed by atoms with E-state index in [2.05, 4.69) is 5.32 Å². The summed E-state index contributed by atoms with van der Waals surface area (Å²) in [7, 11) is 6.69. The minimum atomic E-state index is -2.71. The quantitative estimate of drug-likeness (QED) is 0.161. The molecule has 3 aliphatic rings. The largest absolute Gasteiger partial charge is 0.508 e. The fraction of sp³-hybridized carbons (Fsp3) is 0.387. The molecule has 2 unspecified atom stereocenters. The average Bonchev–Trinajstić information content (AvgIpc) is 2.93. The molecule has 0 saturated heterocycles. The van der Waals surface area contributed by atoms with Crippen molar-refractivity contribution in [3.63, 3.8) is 0 Å². The van der Waals surface area contributed by atoms with Crippen molar-refractivity contribution in [2.45, 2.75) is 37.6 Å². The lowest BCUT2D eigenvalue weighted by Gasteiger charge is -2.50. The third kappa shape index (κ3) is 4.55. The summed E-state index contributed by atoms with van der Waals surface area (Å²) >= 11 is 0. The van der Waals surface area contributed by atoms with Gasteiger partial charge in [0.15, 0.2) is 22.9 Å². The highest BCUT2D eigenvalue weighted by Crippen LogP contribution is 2.54. The first-order valence-electron chi connectivity index (χ1n) is 14.0. The zero-order valence-electron chi connectivity index (χ0n) is 24.7. The van der Waals surface area contributed by atoms with Gasteiger partial charge in [-0.1, -0.05) is 6.07 Å². The molecule has 44 heavy (non-hydrogen) atoms. The van der Waals surface area contributed by atoms with Crippen LogP contribution in [0.2, 0.25) is 0 Å². The topological polar surface area (TPSA) is 217 Å². The van der Waals surface area contributed by atoms with Gasteiger partial charge in [-0.05, 0) is 62.2 Å². The maximum atomic E-state index is 14.1. The van der Waals surface area contributed by atoms with E-state index in [9.17, 15) is 45.0 Å². The Hall–Kier alpha value is -4.59. The number of phenols is 3. The number of nitrogens with two attached hydrogens (primary N) is 1. The predicted molar refractivity (Wildman–Crippen MR) is 159 cm³/mol. The molecule has 0 spiro atoms. The molecule has 0 bridgehead atoms. The Balaban J connectivity index is 1.60. The van der Waals surface area contributed by atoms with Crippen molar-refractivity contribution in [3.8, 4) is 17.2 Å². The second-order valence-corrected chi connectivity index (χ2v) is 12.0. The molecule has 4 atom stereocenters. The number of hydrogen-bond donors (Lipinski definition) is 8. The third-order valence-electron chi connectivity index (χ3n) is 8.94. The first-order valence-corrected chi connectivity index (χ1v) is 14.0. The van der Waals surface area contributed by atoms with E-state index in [1.807, 2.05) is 0 Å². The summed E-state index contributed by atoms with van der Waals surface area (Å²) < 4.78 is 0. The van der Waals surface area contributed by atoms with Crippen LogP contribution < -0.4 is 16.0 Å². The number of Topliss-reactive ketones (excluding diaryl/α,β-unsaturated/α-hetero) is 2. The summed E-state index contributed by atoms with van der Waals surface area (Å²) in [4.78, 5) is 42.8. The number of nitrogens with one attached hydrogen (secondary N) is 1. The van der Waals surface area contributed by atoms with Crippen LogP contribution in [-0.4, -0.2) is 92.8 Å². The van der Waals surface area contributed by atoms with Crippen molar-refractivity contribution >= 4 is 28.9 Å². The maximum absolute atomic E-state index is 14.1. The SMILES string of the molecule is CN(C)c1cc(CNCc2ccc(O)c(O)c2)c(O)c2c1C[C@H]1CC3C(N(C)C)C(=O)C(C(N)=O)=C(O)[C@@]3(O)C(=O)C1=C2O. The molecule has 13 nitrogen and oxygen atoms in total. The molecule has 234 valence electrons. The van der Waals surface area contributed by atoms with E-state index in [-0.39, 0.29) is 54.3 Å². The smallest absolute Gasteiger partial charge is 0.255 e. The van der Waals surface area contributed by atoms with Gasteiger partial charge in [-0.15, -0.1) is 0 Å². The van der Waals surface area contributed by atoms with Crippen molar-refractivity contribution in [1.82, 2.24) is 10.2 Å². The number of aliphatic hydroxyl groups is 3. The molecular weight excluding hydrogens is 572 g/mol. The van der Waals surface area contributed by atoms with E-state index in [1.54, 1.807) is 45.2 Å². The number of hydrogen-bond acceptors (Lipinski definition) is 12. The lowest BCUT2D eigenvalue weighted by Crippen LogP contribution is -2.65. The van der Waals surface area contributed by atoms with Crippen LogP contribution >= 0.6 is 0 Å². The van der Waals surface area contributed by atoms with Gasteiger partial charge in [-0.3, -0.25) is 19.3 Å². The normalized spacial score (nSPS) is 24.7. The second kappa shape index (κ2) is 10.8. The highest BCUT2D eigenvalue weighted by atomic mass is 16.3. The molecule has 3 aliphatic carbocycles. The van der Waals surface area contributed by atoms with Gasteiger partial charge in [-0.25, -0.2) is 0 Å². The number of fused-ring (bicyclic) bond motifs is 3. The lowest BCUT2D eigenvalue weighted by atomic mass is 9.57. The first-order chi connectivity index (χ1) is 20.6. The number of benzene rings is 2. The molecule has 1 saturated carbocycles. The van der Waals surface area contributed by atoms with Crippen LogP contribution in [0.15, 0.2) is 41.2 Å². The number of rotatable bonds is 7. The number of amides is 1. The molecule has 0 aromatic heterocycles. The van der Waals surface area contributed by atoms with E-state index in [1.165, 1.54) is 17.0 Å². The first kappa shape index (κ1) is 30.9. The average molecular weight is 609 g/mol. The van der Waals surface area contributed by atoms with Crippen molar-refractivity contribution < 1.29 is 45.0 Å². The van der Waals surface area contributed by atoms with Gasteiger partial charge < -0.3 is 46.6 Å². The molecule has 0 aliphatic heterocycles. The van der Waals surface area contributed by atoms with Gasteiger partial charge in [0.1, 0.15) is 22.8 Å². The number of phenolic OH excluding ortho intramolecular Hbond substituents is 3. The molecule has 0 heterocycles. The molecule has 9 N–H and O–H groups in total. The fourth-order valence-corrected chi connectivity index (χ4v) is 6.90. The van der Waals surface area contributed by atoms with Crippen LogP contribution in [0.3, 0.4) is 0 Å². The Morgan fingerprint density at radius 3 is 2.30 bits per heavy atom. The van der Waals surface area contributed by atoms with E-state index in [0.29, 0.717) is 22.4 Å². The van der Waals surface area contributed by atoms with Crippen molar-refractivity contribution in [1.29, 1.82) is 0 Å². The molecule has 5 rings (SSSR count). The Morgan fingerprint density at radius 1 is 1.02 bits per heavy atom. The van der Waals surface area contributed by atoms with Gasteiger partial charge in [-0.2, -0.15) is 0 Å². The van der Waals surface area contributed by atoms with Crippen LogP contribution in [0, 0.1) is 11.8 Å². The highest BCUT2D eigenvalue weighted by Gasteiger charge is 2.64. The molecule has 2 aromatic carbocycles. The monoisotopic (exact) mass is 608 g/mol. The van der Waals surface area contributed by atoms with Gasteiger partial charge in [0.2, 0.25) is 5.78 Å². The number of anilines is 1. The van der Waals surface area contributed by atoms with E-state index < -0.39 is 58.0 Å². The Bertz CT molecular complexity index is 1660. The minimum Gasteiger partial charge on any atom is -0.508 e. The molecule has 1 amide bonds. The van der Waals surface area contributed by atoms with Crippen molar-refractivity contribution in [2.75, 3.05) is 33.1 Å². The molecule has 1 fully saturated rings. The zero-order valence-corrected chi connectivity index (χ0v) is 24.7. The molecule has 0 radical (unpaired) electrons.